The fraction of sp³-hybridized carbons (Fsp3) is 0.200. The van der Waals surface area contributed by atoms with Crippen molar-refractivity contribution < 1.29 is 13.2 Å². The minimum Gasteiger partial charge on any atom is -0.321 e. The second kappa shape index (κ2) is 7.85. The van der Waals surface area contributed by atoms with E-state index in [9.17, 15) is 13.2 Å². The number of rotatable bonds is 6. The second-order valence-corrected chi connectivity index (χ2v) is 7.91. The third-order valence-corrected chi connectivity index (χ3v) is 5.18. The molecule has 2 aromatic carbocycles. The van der Waals surface area contributed by atoms with Crippen molar-refractivity contribution in [3.05, 3.63) is 65.9 Å². The van der Waals surface area contributed by atoms with Crippen LogP contribution in [0.3, 0.4) is 0 Å². The van der Waals surface area contributed by atoms with Crippen LogP contribution < -0.4 is 10.5 Å². The number of primary sulfonamides is 1. The lowest BCUT2D eigenvalue weighted by atomic mass is 10.1. The highest BCUT2D eigenvalue weighted by molar-refractivity contribution is 7.89. The van der Waals surface area contributed by atoms with Gasteiger partial charge in [0.1, 0.15) is 5.69 Å². The van der Waals surface area contributed by atoms with Crippen molar-refractivity contribution in [1.29, 1.82) is 0 Å². The maximum absolute atomic E-state index is 12.5. The Kier molecular flexibility index (Phi) is 5.53. The summed E-state index contributed by atoms with van der Waals surface area (Å²) in [7, 11) is -3.76. The van der Waals surface area contributed by atoms with Crippen molar-refractivity contribution in [1.82, 2.24) is 4.98 Å². The van der Waals surface area contributed by atoms with E-state index in [0.717, 1.165) is 30.2 Å². The van der Waals surface area contributed by atoms with Crippen molar-refractivity contribution in [2.24, 2.45) is 5.14 Å². The number of anilines is 1. The number of nitrogens with one attached hydrogen (secondary N) is 1. The third kappa shape index (κ3) is 4.69. The highest BCUT2D eigenvalue weighted by Crippen LogP contribution is 2.18. The maximum atomic E-state index is 12.5. The molecule has 0 aliphatic heterocycles. The summed E-state index contributed by atoms with van der Waals surface area (Å²) < 4.78 is 22.6. The lowest BCUT2D eigenvalue weighted by molar-refractivity contribution is 0.102. The van der Waals surface area contributed by atoms with Crippen LogP contribution in [0, 0.1) is 0 Å². The van der Waals surface area contributed by atoms with Crippen LogP contribution in [-0.2, 0) is 16.4 Å². The van der Waals surface area contributed by atoms with Gasteiger partial charge in [0.15, 0.2) is 0 Å². The fourth-order valence-electron chi connectivity index (χ4n) is 2.75. The standard InChI is InChI=1S/C20H21N3O3S/c1-2-3-4-14-5-6-15-7-12-18(23-19(15)13-14)20(24)22-16-8-10-17(11-9-16)27(21,25)26/h5-13H,2-4H2,1H3,(H,22,24)(H2,21,25,26). The van der Waals surface area contributed by atoms with E-state index in [-0.39, 0.29) is 10.8 Å². The molecule has 0 saturated heterocycles. The van der Waals surface area contributed by atoms with E-state index < -0.39 is 10.0 Å². The molecule has 3 N–H and O–H groups in total. The second-order valence-electron chi connectivity index (χ2n) is 6.35. The highest BCUT2D eigenvalue weighted by atomic mass is 32.2. The lowest BCUT2D eigenvalue weighted by Crippen LogP contribution is -2.14. The molecule has 0 aliphatic carbocycles. The molecule has 0 fully saturated rings. The average molecular weight is 383 g/mol. The normalized spacial score (nSPS) is 11.5. The predicted molar refractivity (Wildman–Crippen MR) is 106 cm³/mol. The van der Waals surface area contributed by atoms with Gasteiger partial charge in [-0.1, -0.05) is 31.5 Å². The van der Waals surface area contributed by atoms with Crippen molar-refractivity contribution in [3.63, 3.8) is 0 Å². The zero-order valence-electron chi connectivity index (χ0n) is 15.0. The van der Waals surface area contributed by atoms with Crippen LogP contribution in [-0.4, -0.2) is 19.3 Å². The van der Waals surface area contributed by atoms with Crippen LogP contribution >= 0.6 is 0 Å². The number of nitrogens with zero attached hydrogens (tertiary/aromatic N) is 1. The Bertz CT molecular complexity index is 1080. The minimum absolute atomic E-state index is 0.0102. The highest BCUT2D eigenvalue weighted by Gasteiger charge is 2.11. The van der Waals surface area contributed by atoms with Gasteiger partial charge in [-0.15, -0.1) is 0 Å². The van der Waals surface area contributed by atoms with Crippen molar-refractivity contribution >= 4 is 32.5 Å². The van der Waals surface area contributed by atoms with E-state index in [1.54, 1.807) is 6.07 Å². The molecule has 0 aliphatic rings. The molecule has 7 heteroatoms. The first-order valence-corrected chi connectivity index (χ1v) is 10.3. The van der Waals surface area contributed by atoms with Gasteiger partial charge in [-0.25, -0.2) is 18.5 Å². The van der Waals surface area contributed by atoms with Crippen LogP contribution in [0.1, 0.15) is 35.8 Å². The van der Waals surface area contributed by atoms with E-state index in [4.69, 9.17) is 5.14 Å². The van der Waals surface area contributed by atoms with Gasteiger partial charge in [0.05, 0.1) is 10.4 Å². The van der Waals surface area contributed by atoms with E-state index in [1.165, 1.54) is 29.8 Å². The van der Waals surface area contributed by atoms with Crippen LogP contribution in [0.2, 0.25) is 0 Å². The number of hydrogen-bond acceptors (Lipinski definition) is 4. The molecule has 0 atom stereocenters. The quantitative estimate of drug-likeness (QED) is 0.680. The summed E-state index contributed by atoms with van der Waals surface area (Å²) in [6.07, 6.45) is 3.22. The summed E-state index contributed by atoms with van der Waals surface area (Å²) >= 11 is 0. The molecule has 1 heterocycles. The van der Waals surface area contributed by atoms with Gasteiger partial charge in [0.25, 0.3) is 5.91 Å². The lowest BCUT2D eigenvalue weighted by Gasteiger charge is -2.07. The number of nitrogens with two attached hydrogens (primary N) is 1. The van der Waals surface area contributed by atoms with Crippen LogP contribution in [0.5, 0.6) is 0 Å². The predicted octanol–water partition coefficient (Wildman–Crippen LogP) is 3.48. The smallest absolute Gasteiger partial charge is 0.274 e. The van der Waals surface area contributed by atoms with E-state index >= 15 is 0 Å². The largest absolute Gasteiger partial charge is 0.321 e. The van der Waals surface area contributed by atoms with E-state index in [2.05, 4.69) is 23.3 Å². The topological polar surface area (TPSA) is 102 Å². The number of carbonyl (C=O) groups excluding carboxylic acids is 1. The van der Waals surface area contributed by atoms with Crippen LogP contribution in [0.15, 0.2) is 59.5 Å². The molecule has 1 aromatic heterocycles. The first-order valence-electron chi connectivity index (χ1n) is 8.71. The third-order valence-electron chi connectivity index (χ3n) is 4.25. The number of carbonyl (C=O) groups is 1. The molecule has 0 saturated carbocycles. The molecule has 0 bridgehead atoms. The monoisotopic (exact) mass is 383 g/mol. The number of sulfonamides is 1. The number of fused-ring (bicyclic) bond motifs is 1. The molecule has 3 aromatic rings. The van der Waals surface area contributed by atoms with Gasteiger partial charge in [-0.05, 0) is 54.8 Å². The van der Waals surface area contributed by atoms with Gasteiger partial charge in [-0.2, -0.15) is 0 Å². The Hall–Kier alpha value is -2.77. The van der Waals surface area contributed by atoms with Gasteiger partial charge < -0.3 is 5.32 Å². The Morgan fingerprint density at radius 1 is 1.07 bits per heavy atom. The Morgan fingerprint density at radius 3 is 2.44 bits per heavy atom. The summed E-state index contributed by atoms with van der Waals surface area (Å²) in [5.74, 6) is -0.362. The average Bonchev–Trinajstić information content (AvgIpc) is 2.65. The van der Waals surface area contributed by atoms with Gasteiger partial charge in [0, 0.05) is 11.1 Å². The summed E-state index contributed by atoms with van der Waals surface area (Å²) in [4.78, 5) is 16.9. The van der Waals surface area contributed by atoms with Gasteiger partial charge in [0.2, 0.25) is 10.0 Å². The first-order chi connectivity index (χ1) is 12.9. The number of aromatic nitrogens is 1. The summed E-state index contributed by atoms with van der Waals surface area (Å²) in [5, 5.41) is 8.76. The summed E-state index contributed by atoms with van der Waals surface area (Å²) in [6.45, 7) is 2.15. The Morgan fingerprint density at radius 2 is 1.78 bits per heavy atom. The Labute approximate surface area is 158 Å². The number of amides is 1. The molecule has 0 radical (unpaired) electrons. The number of unbranched alkanes of at least 4 members (excludes halogenated alkanes) is 1. The molecular weight excluding hydrogens is 362 g/mol. The van der Waals surface area contributed by atoms with Crippen LogP contribution in [0.4, 0.5) is 5.69 Å². The first kappa shape index (κ1) is 19.0. The fourth-order valence-corrected chi connectivity index (χ4v) is 3.26. The van der Waals surface area contributed by atoms with Crippen molar-refractivity contribution in [3.8, 4) is 0 Å². The Balaban J connectivity index is 1.80. The maximum Gasteiger partial charge on any atom is 0.274 e. The molecule has 0 unspecified atom stereocenters. The zero-order valence-corrected chi connectivity index (χ0v) is 15.8. The molecule has 6 nitrogen and oxygen atoms in total. The summed E-state index contributed by atoms with van der Waals surface area (Å²) in [6, 6.07) is 15.3. The number of benzene rings is 2. The van der Waals surface area contributed by atoms with Gasteiger partial charge >= 0.3 is 0 Å². The molecule has 0 spiro atoms. The zero-order chi connectivity index (χ0) is 19.4. The minimum atomic E-state index is -3.76. The van der Waals surface area contributed by atoms with Crippen LogP contribution in [0.25, 0.3) is 10.9 Å². The number of aryl methyl sites for hydroxylation is 1. The summed E-state index contributed by atoms with van der Waals surface area (Å²) in [5.41, 5.74) is 2.74. The van der Waals surface area contributed by atoms with E-state index in [0.29, 0.717) is 11.4 Å². The molecule has 3 rings (SSSR count). The van der Waals surface area contributed by atoms with Crippen molar-refractivity contribution in [2.45, 2.75) is 31.1 Å². The molecule has 27 heavy (non-hydrogen) atoms. The SMILES string of the molecule is CCCCc1ccc2ccc(C(=O)Nc3ccc(S(N)(=O)=O)cc3)nc2c1. The number of pyridine rings is 1. The number of hydrogen-bond donors (Lipinski definition) is 2. The molecular formula is C20H21N3O3S. The van der Waals surface area contributed by atoms with Gasteiger partial charge in [-0.3, -0.25) is 4.79 Å². The van der Waals surface area contributed by atoms with E-state index in [1.807, 2.05) is 18.2 Å². The molecule has 1 amide bonds. The van der Waals surface area contributed by atoms with Crippen molar-refractivity contribution in [2.75, 3.05) is 5.32 Å². The molecule has 140 valence electrons.